The Hall–Kier alpha value is -6.13. The van der Waals surface area contributed by atoms with Gasteiger partial charge in [0.1, 0.15) is 11.2 Å². The first-order valence-corrected chi connectivity index (χ1v) is 15.2. The molecule has 45 heavy (non-hydrogen) atoms. The van der Waals surface area contributed by atoms with Gasteiger partial charge >= 0.3 is 0 Å². The lowest BCUT2D eigenvalue weighted by atomic mass is 10.00. The molecule has 0 N–H and O–H groups in total. The number of para-hydroxylation sites is 4. The number of anilines is 3. The highest BCUT2D eigenvalue weighted by Gasteiger charge is 2.29. The van der Waals surface area contributed by atoms with Gasteiger partial charge in [0, 0.05) is 33.2 Å². The van der Waals surface area contributed by atoms with Gasteiger partial charge in [-0.05, 0) is 58.8 Å². The van der Waals surface area contributed by atoms with Gasteiger partial charge < -0.3 is 4.42 Å². The Morgan fingerprint density at radius 2 is 1.18 bits per heavy atom. The molecule has 0 unspecified atom stereocenters. The van der Waals surface area contributed by atoms with Crippen molar-refractivity contribution in [1.82, 2.24) is 9.55 Å². The summed E-state index contributed by atoms with van der Waals surface area (Å²) < 4.78 is 8.77. The van der Waals surface area contributed by atoms with Crippen LogP contribution in [0, 0.1) is 0 Å². The summed E-state index contributed by atoms with van der Waals surface area (Å²) >= 11 is 0. The first-order chi connectivity index (χ1) is 22.3. The Kier molecular flexibility index (Phi) is 4.96. The van der Waals surface area contributed by atoms with Gasteiger partial charge in [-0.1, -0.05) is 109 Å². The molecule has 4 nitrogen and oxygen atoms in total. The van der Waals surface area contributed by atoms with Crippen molar-refractivity contribution >= 4 is 61.1 Å². The van der Waals surface area contributed by atoms with E-state index < -0.39 is 0 Å². The Bertz CT molecular complexity index is 2630. The van der Waals surface area contributed by atoms with Gasteiger partial charge in [-0.15, -0.1) is 0 Å². The molecular formula is C41H25N3O. The highest BCUT2D eigenvalue weighted by atomic mass is 16.3. The maximum Gasteiger partial charge on any atom is 0.220 e. The molecule has 0 aliphatic carbocycles. The van der Waals surface area contributed by atoms with Crippen LogP contribution in [0.1, 0.15) is 0 Å². The number of benzene rings is 7. The van der Waals surface area contributed by atoms with Crippen LogP contribution in [0.25, 0.3) is 71.7 Å². The van der Waals surface area contributed by atoms with E-state index in [4.69, 9.17) is 9.40 Å². The second-order valence-electron chi connectivity index (χ2n) is 11.6. The first kappa shape index (κ1) is 24.3. The van der Waals surface area contributed by atoms with Crippen LogP contribution < -0.4 is 4.90 Å². The van der Waals surface area contributed by atoms with E-state index >= 15 is 0 Å². The van der Waals surface area contributed by atoms with Gasteiger partial charge in [0.15, 0.2) is 0 Å². The third-order valence-electron chi connectivity index (χ3n) is 9.10. The normalized spacial score (nSPS) is 12.4. The van der Waals surface area contributed by atoms with Gasteiger partial charge in [0.25, 0.3) is 0 Å². The molecule has 7 aromatic carbocycles. The number of rotatable bonds is 2. The van der Waals surface area contributed by atoms with Crippen LogP contribution in [-0.4, -0.2) is 9.55 Å². The van der Waals surface area contributed by atoms with Crippen LogP contribution in [0.5, 0.6) is 0 Å². The van der Waals surface area contributed by atoms with Crippen molar-refractivity contribution in [3.05, 3.63) is 152 Å². The molecule has 0 amide bonds. The van der Waals surface area contributed by atoms with Crippen molar-refractivity contribution in [1.29, 1.82) is 0 Å². The fourth-order valence-corrected chi connectivity index (χ4v) is 7.08. The Morgan fingerprint density at radius 1 is 0.511 bits per heavy atom. The molecule has 2 aromatic heterocycles. The minimum Gasteiger partial charge on any atom is -0.455 e. The van der Waals surface area contributed by atoms with Crippen LogP contribution in [0.4, 0.5) is 17.3 Å². The maximum absolute atomic E-state index is 6.45. The summed E-state index contributed by atoms with van der Waals surface area (Å²) in [4.78, 5) is 7.68. The fourth-order valence-electron chi connectivity index (χ4n) is 7.08. The van der Waals surface area contributed by atoms with E-state index in [0.717, 1.165) is 72.7 Å². The van der Waals surface area contributed by atoms with Crippen molar-refractivity contribution in [2.75, 3.05) is 4.90 Å². The largest absolute Gasteiger partial charge is 0.455 e. The molecule has 3 heterocycles. The topological polar surface area (TPSA) is 34.2 Å². The molecule has 1 aliphatic rings. The minimum absolute atomic E-state index is 0.858. The molecule has 210 valence electrons. The van der Waals surface area contributed by atoms with Gasteiger partial charge in [0.05, 0.1) is 22.4 Å². The zero-order chi connectivity index (χ0) is 29.5. The van der Waals surface area contributed by atoms with E-state index in [1.54, 1.807) is 0 Å². The van der Waals surface area contributed by atoms with Crippen LogP contribution in [0.15, 0.2) is 156 Å². The third kappa shape index (κ3) is 3.51. The predicted molar refractivity (Wildman–Crippen MR) is 185 cm³/mol. The third-order valence-corrected chi connectivity index (χ3v) is 9.10. The molecule has 0 radical (unpaired) electrons. The van der Waals surface area contributed by atoms with Gasteiger partial charge in [-0.3, -0.25) is 9.47 Å². The number of hydrogen-bond acceptors (Lipinski definition) is 3. The molecule has 0 fully saturated rings. The summed E-state index contributed by atoms with van der Waals surface area (Å²) in [5.74, 6) is 0.858. The van der Waals surface area contributed by atoms with E-state index in [1.807, 2.05) is 12.1 Å². The van der Waals surface area contributed by atoms with E-state index in [0.29, 0.717) is 0 Å². The average Bonchev–Trinajstić information content (AvgIpc) is 3.62. The van der Waals surface area contributed by atoms with Crippen LogP contribution in [0.2, 0.25) is 0 Å². The Balaban J connectivity index is 1.26. The molecule has 0 saturated heterocycles. The monoisotopic (exact) mass is 575 g/mol. The maximum atomic E-state index is 6.45. The van der Waals surface area contributed by atoms with Crippen molar-refractivity contribution in [3.63, 3.8) is 0 Å². The number of hydrogen-bond donors (Lipinski definition) is 0. The van der Waals surface area contributed by atoms with Gasteiger partial charge in [-0.25, -0.2) is 4.98 Å². The second-order valence-corrected chi connectivity index (χ2v) is 11.6. The number of furan rings is 1. The minimum atomic E-state index is 0.858. The van der Waals surface area contributed by atoms with Crippen LogP contribution >= 0.6 is 0 Å². The van der Waals surface area contributed by atoms with Crippen LogP contribution in [0.3, 0.4) is 0 Å². The van der Waals surface area contributed by atoms with Crippen molar-refractivity contribution in [3.8, 4) is 27.9 Å². The summed E-state index contributed by atoms with van der Waals surface area (Å²) in [6.07, 6.45) is 0. The summed E-state index contributed by atoms with van der Waals surface area (Å²) in [7, 11) is 0. The van der Waals surface area contributed by atoms with E-state index in [1.165, 1.54) is 16.3 Å². The molecule has 10 rings (SSSR count). The number of aromatic nitrogens is 2. The zero-order valence-electron chi connectivity index (χ0n) is 24.2. The van der Waals surface area contributed by atoms with E-state index in [2.05, 4.69) is 149 Å². The smallest absolute Gasteiger partial charge is 0.220 e. The summed E-state index contributed by atoms with van der Waals surface area (Å²) in [5.41, 5.74) is 11.6. The highest BCUT2D eigenvalue weighted by molar-refractivity contribution is 6.10. The second kappa shape index (κ2) is 9.18. The molecular weight excluding hydrogens is 550 g/mol. The quantitative estimate of drug-likeness (QED) is 0.206. The lowest BCUT2D eigenvalue weighted by Gasteiger charge is -2.25. The SMILES string of the molecule is c1cc(-c2cccc3c2oc2ccccc23)cc(N2c3ccccc3-c3ccccc3-n3c2nc2cc4ccccc4cc23)c1. The van der Waals surface area contributed by atoms with E-state index in [-0.39, 0.29) is 0 Å². The summed E-state index contributed by atoms with van der Waals surface area (Å²) in [5, 5.41) is 4.63. The molecule has 1 aliphatic heterocycles. The lowest BCUT2D eigenvalue weighted by Crippen LogP contribution is -2.14. The lowest BCUT2D eigenvalue weighted by molar-refractivity contribution is 0.670. The standard InChI is InChI=1S/C41H25N3O/c1-2-12-27-25-38-35(24-26(27)11-1)42-41-43(36-20-6-3-15-31(36)32-16-4-7-21-37(32)44(38)41)29-14-9-13-28(23-29)30-18-10-19-34-33-17-5-8-22-39(33)45-40(30)34/h1-25H. The summed E-state index contributed by atoms with van der Waals surface area (Å²) in [6, 6.07) is 53.7. The van der Waals surface area contributed by atoms with Gasteiger partial charge in [-0.2, -0.15) is 0 Å². The number of fused-ring (bicyclic) bond motifs is 11. The van der Waals surface area contributed by atoms with Gasteiger partial charge in [0.2, 0.25) is 5.95 Å². The fraction of sp³-hybridized carbons (Fsp3) is 0. The molecule has 0 atom stereocenters. The highest BCUT2D eigenvalue weighted by Crippen LogP contribution is 2.48. The molecule has 0 saturated carbocycles. The number of nitrogens with zero attached hydrogens (tertiary/aromatic N) is 3. The van der Waals surface area contributed by atoms with Crippen LogP contribution in [-0.2, 0) is 0 Å². The van der Waals surface area contributed by atoms with Crippen molar-refractivity contribution < 1.29 is 4.42 Å². The van der Waals surface area contributed by atoms with Crippen molar-refractivity contribution in [2.24, 2.45) is 0 Å². The Labute approximate surface area is 259 Å². The first-order valence-electron chi connectivity index (χ1n) is 15.2. The average molecular weight is 576 g/mol. The van der Waals surface area contributed by atoms with Crippen molar-refractivity contribution in [2.45, 2.75) is 0 Å². The predicted octanol–water partition coefficient (Wildman–Crippen LogP) is 11.2. The Morgan fingerprint density at radius 3 is 2.07 bits per heavy atom. The molecule has 9 aromatic rings. The molecule has 0 bridgehead atoms. The van der Waals surface area contributed by atoms with E-state index in [9.17, 15) is 0 Å². The zero-order valence-corrected chi connectivity index (χ0v) is 24.2. The number of imidazole rings is 1. The molecule has 0 spiro atoms. The molecule has 4 heteroatoms. The summed E-state index contributed by atoms with van der Waals surface area (Å²) in [6.45, 7) is 0.